The lowest BCUT2D eigenvalue weighted by atomic mass is 10.1. The second-order valence-corrected chi connectivity index (χ2v) is 5.49. The zero-order valence-electron chi connectivity index (χ0n) is 10.0. The number of hydrogen-bond acceptors (Lipinski definition) is 1. The second kappa shape index (κ2) is 4.46. The summed E-state index contributed by atoms with van der Waals surface area (Å²) in [6.07, 6.45) is 3.57. The van der Waals surface area contributed by atoms with Gasteiger partial charge in [-0.25, -0.2) is 0 Å². The van der Waals surface area contributed by atoms with Crippen LogP contribution >= 0.6 is 15.9 Å². The van der Waals surface area contributed by atoms with E-state index in [1.54, 1.807) is 0 Å². The summed E-state index contributed by atoms with van der Waals surface area (Å²) in [6, 6.07) is 7.03. The van der Waals surface area contributed by atoms with Gasteiger partial charge in [0.2, 0.25) is 0 Å². The van der Waals surface area contributed by atoms with Crippen molar-refractivity contribution in [1.29, 1.82) is 0 Å². The minimum atomic E-state index is 0.487. The van der Waals surface area contributed by atoms with Gasteiger partial charge in [0.25, 0.3) is 0 Å². The van der Waals surface area contributed by atoms with Crippen molar-refractivity contribution < 1.29 is 0 Å². The van der Waals surface area contributed by atoms with Gasteiger partial charge in [-0.15, -0.1) is 0 Å². The standard InChI is InChI=1S/C14H17BrN2/c1-2-9-5-3-6-10-12(15)14(17-13(9)10)11-7-4-8-16-11/h3,5-6,11,16-17H,2,4,7-8H2,1H3. The number of aromatic nitrogens is 1. The largest absolute Gasteiger partial charge is 0.356 e. The van der Waals surface area contributed by atoms with E-state index >= 15 is 0 Å². The zero-order valence-corrected chi connectivity index (χ0v) is 11.6. The molecule has 1 aromatic carbocycles. The SMILES string of the molecule is CCc1cccc2c(Br)c(C3CCCN3)[nH]c12. The molecule has 0 spiro atoms. The summed E-state index contributed by atoms with van der Waals surface area (Å²) in [5.74, 6) is 0. The van der Waals surface area contributed by atoms with E-state index in [2.05, 4.69) is 51.4 Å². The van der Waals surface area contributed by atoms with Crippen LogP contribution in [0, 0.1) is 0 Å². The van der Waals surface area contributed by atoms with Crippen LogP contribution in [0.15, 0.2) is 22.7 Å². The Hall–Kier alpha value is -0.800. The average Bonchev–Trinajstić information content (AvgIpc) is 2.97. The fourth-order valence-corrected chi connectivity index (χ4v) is 3.44. The Labute approximate surface area is 110 Å². The first kappa shape index (κ1) is 11.3. The predicted octanol–water partition coefficient (Wildman–Crippen LogP) is 3.92. The van der Waals surface area contributed by atoms with E-state index in [-0.39, 0.29) is 0 Å². The molecule has 0 aliphatic carbocycles. The van der Waals surface area contributed by atoms with Gasteiger partial charge in [-0.1, -0.05) is 25.1 Å². The van der Waals surface area contributed by atoms with Gasteiger partial charge in [0, 0.05) is 21.6 Å². The Bertz CT molecular complexity index is 538. The van der Waals surface area contributed by atoms with Crippen LogP contribution in [0.1, 0.15) is 37.1 Å². The Morgan fingerprint density at radius 2 is 2.29 bits per heavy atom. The summed E-state index contributed by atoms with van der Waals surface area (Å²) < 4.78 is 1.24. The number of fused-ring (bicyclic) bond motifs is 1. The maximum atomic E-state index is 3.75. The molecule has 0 saturated carbocycles. The van der Waals surface area contributed by atoms with E-state index < -0.39 is 0 Å². The highest BCUT2D eigenvalue weighted by molar-refractivity contribution is 9.10. The third-order valence-electron chi connectivity index (χ3n) is 3.67. The van der Waals surface area contributed by atoms with Gasteiger partial charge in [-0.3, -0.25) is 0 Å². The quantitative estimate of drug-likeness (QED) is 0.863. The molecule has 90 valence electrons. The number of para-hydroxylation sites is 1. The number of aryl methyl sites for hydroxylation is 1. The molecule has 1 aliphatic heterocycles. The van der Waals surface area contributed by atoms with E-state index in [1.807, 2.05) is 0 Å². The van der Waals surface area contributed by atoms with Gasteiger partial charge < -0.3 is 10.3 Å². The normalized spacial score (nSPS) is 20.2. The molecule has 0 bridgehead atoms. The van der Waals surface area contributed by atoms with Gasteiger partial charge in [-0.2, -0.15) is 0 Å². The van der Waals surface area contributed by atoms with Gasteiger partial charge in [0.15, 0.2) is 0 Å². The number of aromatic amines is 1. The molecule has 1 aromatic heterocycles. The number of halogens is 1. The summed E-state index contributed by atoms with van der Waals surface area (Å²) in [4.78, 5) is 3.62. The highest BCUT2D eigenvalue weighted by Gasteiger charge is 2.22. The second-order valence-electron chi connectivity index (χ2n) is 4.69. The third kappa shape index (κ3) is 1.81. The molecule has 17 heavy (non-hydrogen) atoms. The molecule has 2 heterocycles. The van der Waals surface area contributed by atoms with Gasteiger partial charge in [-0.05, 0) is 47.3 Å². The molecule has 1 aliphatic rings. The van der Waals surface area contributed by atoms with Crippen LogP contribution in [0.2, 0.25) is 0 Å². The van der Waals surface area contributed by atoms with E-state index in [4.69, 9.17) is 0 Å². The lowest BCUT2D eigenvalue weighted by Crippen LogP contribution is -2.13. The van der Waals surface area contributed by atoms with Crippen molar-refractivity contribution in [3.05, 3.63) is 33.9 Å². The van der Waals surface area contributed by atoms with Crippen molar-refractivity contribution in [2.45, 2.75) is 32.2 Å². The zero-order chi connectivity index (χ0) is 11.8. The van der Waals surface area contributed by atoms with Gasteiger partial charge >= 0.3 is 0 Å². The lowest BCUT2D eigenvalue weighted by molar-refractivity contribution is 0.630. The van der Waals surface area contributed by atoms with Crippen molar-refractivity contribution in [1.82, 2.24) is 10.3 Å². The first-order chi connectivity index (χ1) is 8.31. The van der Waals surface area contributed by atoms with Crippen LogP contribution in [0.25, 0.3) is 10.9 Å². The lowest BCUT2D eigenvalue weighted by Gasteiger charge is -2.08. The summed E-state index contributed by atoms with van der Waals surface area (Å²) in [7, 11) is 0. The minimum absolute atomic E-state index is 0.487. The summed E-state index contributed by atoms with van der Waals surface area (Å²) in [5, 5.41) is 4.86. The number of rotatable bonds is 2. The minimum Gasteiger partial charge on any atom is -0.356 e. The molecule has 3 rings (SSSR count). The monoisotopic (exact) mass is 292 g/mol. The Balaban J connectivity index is 2.16. The molecule has 3 heteroatoms. The van der Waals surface area contributed by atoms with E-state index in [1.165, 1.54) is 39.5 Å². The molecule has 1 atom stereocenters. The van der Waals surface area contributed by atoms with Crippen molar-refractivity contribution in [3.8, 4) is 0 Å². The summed E-state index contributed by atoms with van der Waals surface area (Å²) in [5.41, 5.74) is 4.01. The van der Waals surface area contributed by atoms with Gasteiger partial charge in [0.1, 0.15) is 0 Å². The van der Waals surface area contributed by atoms with Crippen LogP contribution in [-0.2, 0) is 6.42 Å². The van der Waals surface area contributed by atoms with Crippen molar-refractivity contribution in [2.75, 3.05) is 6.54 Å². The molecule has 1 saturated heterocycles. The first-order valence-electron chi connectivity index (χ1n) is 6.33. The molecule has 1 unspecified atom stereocenters. The van der Waals surface area contributed by atoms with Crippen LogP contribution in [0.5, 0.6) is 0 Å². The van der Waals surface area contributed by atoms with E-state index in [9.17, 15) is 0 Å². The first-order valence-corrected chi connectivity index (χ1v) is 7.13. The van der Waals surface area contributed by atoms with E-state index in [0.717, 1.165) is 13.0 Å². The van der Waals surface area contributed by atoms with Crippen LogP contribution in [0.3, 0.4) is 0 Å². The van der Waals surface area contributed by atoms with Crippen LogP contribution in [-0.4, -0.2) is 11.5 Å². The molecule has 2 nitrogen and oxygen atoms in total. The van der Waals surface area contributed by atoms with Gasteiger partial charge in [0.05, 0.1) is 5.52 Å². The molecule has 2 aromatic rings. The number of hydrogen-bond donors (Lipinski definition) is 2. The predicted molar refractivity (Wildman–Crippen MR) is 75.4 cm³/mol. The maximum absolute atomic E-state index is 3.75. The maximum Gasteiger partial charge on any atom is 0.0500 e. The molecule has 1 fully saturated rings. The van der Waals surface area contributed by atoms with Crippen molar-refractivity contribution in [3.63, 3.8) is 0 Å². The van der Waals surface area contributed by atoms with E-state index in [0.29, 0.717) is 6.04 Å². The number of nitrogens with one attached hydrogen (secondary N) is 2. The molecule has 2 N–H and O–H groups in total. The summed E-state index contributed by atoms with van der Waals surface area (Å²) in [6.45, 7) is 3.34. The Kier molecular flexibility index (Phi) is 2.97. The van der Waals surface area contributed by atoms with Crippen molar-refractivity contribution in [2.24, 2.45) is 0 Å². The Morgan fingerprint density at radius 3 is 3.00 bits per heavy atom. The fourth-order valence-electron chi connectivity index (χ4n) is 2.73. The smallest absolute Gasteiger partial charge is 0.0500 e. The number of H-pyrrole nitrogens is 1. The number of benzene rings is 1. The molecule has 0 radical (unpaired) electrons. The molecular formula is C14H17BrN2. The average molecular weight is 293 g/mol. The molecule has 0 amide bonds. The fraction of sp³-hybridized carbons (Fsp3) is 0.429. The summed E-state index contributed by atoms with van der Waals surface area (Å²) >= 11 is 3.75. The molecular weight excluding hydrogens is 276 g/mol. The Morgan fingerprint density at radius 1 is 1.41 bits per heavy atom. The van der Waals surface area contributed by atoms with Crippen LogP contribution < -0.4 is 5.32 Å². The topological polar surface area (TPSA) is 27.8 Å². The third-order valence-corrected chi connectivity index (χ3v) is 4.53. The van der Waals surface area contributed by atoms with Crippen molar-refractivity contribution >= 4 is 26.8 Å². The highest BCUT2D eigenvalue weighted by Crippen LogP contribution is 2.35. The highest BCUT2D eigenvalue weighted by atomic mass is 79.9. The van der Waals surface area contributed by atoms with Crippen LogP contribution in [0.4, 0.5) is 0 Å².